The Balaban J connectivity index is 0.00000280. The second kappa shape index (κ2) is 11.2. The van der Waals surface area contributed by atoms with E-state index in [0.29, 0.717) is 18.0 Å². The fourth-order valence-electron chi connectivity index (χ4n) is 3.96. The summed E-state index contributed by atoms with van der Waals surface area (Å²) in [5.74, 6) is 1.34. The van der Waals surface area contributed by atoms with Crippen molar-refractivity contribution in [2.75, 3.05) is 20.1 Å². The molecule has 28 heavy (non-hydrogen) atoms. The van der Waals surface area contributed by atoms with Crippen molar-refractivity contribution in [3.63, 3.8) is 0 Å². The van der Waals surface area contributed by atoms with Gasteiger partial charge in [-0.15, -0.1) is 24.0 Å². The second-order valence-corrected chi connectivity index (χ2v) is 7.48. The molecule has 2 aliphatic rings. The van der Waals surface area contributed by atoms with Crippen LogP contribution in [0.1, 0.15) is 49.7 Å². The Morgan fingerprint density at radius 3 is 2.57 bits per heavy atom. The van der Waals surface area contributed by atoms with Gasteiger partial charge in [-0.05, 0) is 37.0 Å². The number of guanidine groups is 1. The molecule has 1 aromatic carbocycles. The highest BCUT2D eigenvalue weighted by Crippen LogP contribution is 2.26. The zero-order valence-electron chi connectivity index (χ0n) is 16.5. The fourth-order valence-corrected chi connectivity index (χ4v) is 3.96. The number of carbonyl (C=O) groups excluding carboxylic acids is 1. The normalized spacial score (nSPS) is 20.2. The van der Waals surface area contributed by atoms with E-state index in [1.54, 1.807) is 7.05 Å². The number of hydrogen-bond donors (Lipinski definition) is 2. The quantitative estimate of drug-likeness (QED) is 0.383. The molecule has 1 unspecified atom stereocenters. The number of halogens is 1. The number of rotatable bonds is 4. The molecule has 6 nitrogen and oxygen atoms in total. The predicted octanol–water partition coefficient (Wildman–Crippen LogP) is 3.02. The minimum atomic E-state index is 0. The van der Waals surface area contributed by atoms with Gasteiger partial charge in [0.25, 0.3) is 0 Å². The van der Waals surface area contributed by atoms with Crippen LogP contribution in [0, 0.1) is 17.2 Å². The van der Waals surface area contributed by atoms with Gasteiger partial charge < -0.3 is 15.5 Å². The number of aliphatic imine (C=N–C) groups is 1. The van der Waals surface area contributed by atoms with E-state index in [0.717, 1.165) is 43.9 Å². The molecular formula is C21H30IN5O. The molecule has 1 saturated carbocycles. The van der Waals surface area contributed by atoms with Gasteiger partial charge in [0, 0.05) is 38.6 Å². The monoisotopic (exact) mass is 495 g/mol. The fraction of sp³-hybridized carbons (Fsp3) is 0.571. The average Bonchev–Trinajstić information content (AvgIpc) is 3.20. The first-order valence-electron chi connectivity index (χ1n) is 9.94. The molecule has 7 heteroatoms. The van der Waals surface area contributed by atoms with Crippen molar-refractivity contribution in [1.29, 1.82) is 5.26 Å². The Morgan fingerprint density at radius 2 is 1.93 bits per heavy atom. The van der Waals surface area contributed by atoms with Crippen molar-refractivity contribution >= 4 is 35.8 Å². The highest BCUT2D eigenvalue weighted by Gasteiger charge is 2.31. The first-order chi connectivity index (χ1) is 13.2. The number of nitrogens with zero attached hydrogens (tertiary/aromatic N) is 3. The summed E-state index contributed by atoms with van der Waals surface area (Å²) < 4.78 is 0. The maximum absolute atomic E-state index is 12.7. The first-order valence-corrected chi connectivity index (χ1v) is 9.94. The van der Waals surface area contributed by atoms with Crippen LogP contribution in [0.2, 0.25) is 0 Å². The van der Waals surface area contributed by atoms with Crippen molar-refractivity contribution in [2.45, 2.75) is 51.1 Å². The SMILES string of the molecule is CN=C(NCc1ccc(C#N)cc1)NC1CCN(C(=O)C2CCCCC2)C1.I. The van der Waals surface area contributed by atoms with Crippen LogP contribution in [0.3, 0.4) is 0 Å². The molecule has 3 rings (SSSR count). The van der Waals surface area contributed by atoms with Gasteiger partial charge >= 0.3 is 0 Å². The largest absolute Gasteiger partial charge is 0.352 e. The molecule has 0 spiro atoms. The van der Waals surface area contributed by atoms with Crippen LogP contribution in [0.25, 0.3) is 0 Å². The molecule has 152 valence electrons. The van der Waals surface area contributed by atoms with Gasteiger partial charge in [-0.2, -0.15) is 5.26 Å². The number of likely N-dealkylation sites (tertiary alicyclic amines) is 1. The van der Waals surface area contributed by atoms with Gasteiger partial charge in [0.05, 0.1) is 11.6 Å². The lowest BCUT2D eigenvalue weighted by Gasteiger charge is -2.26. The Morgan fingerprint density at radius 1 is 1.21 bits per heavy atom. The Hall–Kier alpha value is -1.82. The van der Waals surface area contributed by atoms with E-state index in [1.807, 2.05) is 29.2 Å². The summed E-state index contributed by atoms with van der Waals surface area (Å²) in [5.41, 5.74) is 1.76. The van der Waals surface area contributed by atoms with E-state index >= 15 is 0 Å². The molecule has 1 amide bonds. The standard InChI is InChI=1S/C21H29N5O.HI/c1-23-21(24-14-17-9-7-16(13-22)8-10-17)25-19-11-12-26(15-19)20(27)18-5-3-2-4-6-18;/h7-10,18-19H,2-6,11-12,14-15H2,1H3,(H2,23,24,25);1H. The average molecular weight is 495 g/mol. The third-order valence-corrected chi connectivity index (χ3v) is 5.56. The molecule has 2 fully saturated rings. The molecule has 1 atom stereocenters. The second-order valence-electron chi connectivity index (χ2n) is 7.48. The van der Waals surface area contributed by atoms with E-state index < -0.39 is 0 Å². The van der Waals surface area contributed by atoms with Gasteiger partial charge in [0.1, 0.15) is 0 Å². The lowest BCUT2D eigenvalue weighted by atomic mass is 9.88. The van der Waals surface area contributed by atoms with E-state index in [4.69, 9.17) is 5.26 Å². The van der Waals surface area contributed by atoms with Gasteiger partial charge in [0.2, 0.25) is 5.91 Å². The summed E-state index contributed by atoms with van der Waals surface area (Å²) in [6.07, 6.45) is 6.73. The third kappa shape index (κ3) is 6.09. The van der Waals surface area contributed by atoms with Crippen LogP contribution in [-0.2, 0) is 11.3 Å². The maximum Gasteiger partial charge on any atom is 0.225 e. The molecule has 0 bridgehead atoms. The molecule has 0 radical (unpaired) electrons. The van der Waals surface area contributed by atoms with Crippen molar-refractivity contribution in [3.05, 3.63) is 35.4 Å². The number of nitriles is 1. The maximum atomic E-state index is 12.7. The number of benzene rings is 1. The minimum absolute atomic E-state index is 0. The summed E-state index contributed by atoms with van der Waals surface area (Å²) in [6.45, 7) is 2.23. The van der Waals surface area contributed by atoms with Gasteiger partial charge in [-0.25, -0.2) is 0 Å². The number of carbonyl (C=O) groups is 1. The molecule has 1 heterocycles. The van der Waals surface area contributed by atoms with Crippen LogP contribution < -0.4 is 10.6 Å². The molecule has 0 aromatic heterocycles. The van der Waals surface area contributed by atoms with Crippen LogP contribution in [0.5, 0.6) is 0 Å². The summed E-state index contributed by atoms with van der Waals surface area (Å²) in [7, 11) is 1.76. The summed E-state index contributed by atoms with van der Waals surface area (Å²) in [6, 6.07) is 9.89. The lowest BCUT2D eigenvalue weighted by Crippen LogP contribution is -2.45. The topological polar surface area (TPSA) is 80.5 Å². The van der Waals surface area contributed by atoms with Crippen LogP contribution in [-0.4, -0.2) is 42.9 Å². The van der Waals surface area contributed by atoms with Crippen molar-refractivity contribution < 1.29 is 4.79 Å². The molecular weight excluding hydrogens is 465 g/mol. The molecule has 1 aromatic rings. The Kier molecular flexibility index (Phi) is 9.03. The molecule has 2 N–H and O–H groups in total. The highest BCUT2D eigenvalue weighted by atomic mass is 127. The zero-order chi connectivity index (χ0) is 19.1. The van der Waals surface area contributed by atoms with Gasteiger partial charge in [0.15, 0.2) is 5.96 Å². The van der Waals surface area contributed by atoms with E-state index in [2.05, 4.69) is 21.7 Å². The summed E-state index contributed by atoms with van der Waals surface area (Å²) in [5, 5.41) is 15.6. The zero-order valence-corrected chi connectivity index (χ0v) is 18.8. The van der Waals surface area contributed by atoms with E-state index in [9.17, 15) is 4.79 Å². The smallest absolute Gasteiger partial charge is 0.225 e. The minimum Gasteiger partial charge on any atom is -0.352 e. The van der Waals surface area contributed by atoms with Crippen molar-refractivity contribution in [1.82, 2.24) is 15.5 Å². The highest BCUT2D eigenvalue weighted by molar-refractivity contribution is 14.0. The van der Waals surface area contributed by atoms with Crippen molar-refractivity contribution in [3.8, 4) is 6.07 Å². The van der Waals surface area contributed by atoms with E-state index in [-0.39, 0.29) is 35.9 Å². The van der Waals surface area contributed by atoms with Crippen LogP contribution in [0.15, 0.2) is 29.3 Å². The third-order valence-electron chi connectivity index (χ3n) is 5.56. The summed E-state index contributed by atoms with van der Waals surface area (Å²) in [4.78, 5) is 19.0. The van der Waals surface area contributed by atoms with Gasteiger partial charge in [-0.3, -0.25) is 9.79 Å². The molecule has 1 aliphatic heterocycles. The number of amides is 1. The van der Waals surface area contributed by atoms with Crippen LogP contribution >= 0.6 is 24.0 Å². The molecule has 1 saturated heterocycles. The molecule has 1 aliphatic carbocycles. The summed E-state index contributed by atoms with van der Waals surface area (Å²) >= 11 is 0. The number of hydrogen-bond acceptors (Lipinski definition) is 3. The Labute approximate surface area is 184 Å². The van der Waals surface area contributed by atoms with Crippen LogP contribution in [0.4, 0.5) is 0 Å². The van der Waals surface area contributed by atoms with E-state index in [1.165, 1.54) is 19.3 Å². The first kappa shape index (κ1) is 22.5. The lowest BCUT2D eigenvalue weighted by molar-refractivity contribution is -0.135. The van der Waals surface area contributed by atoms with Crippen molar-refractivity contribution in [2.24, 2.45) is 10.9 Å². The van der Waals surface area contributed by atoms with Gasteiger partial charge in [-0.1, -0.05) is 31.4 Å². The predicted molar refractivity (Wildman–Crippen MR) is 121 cm³/mol. The Bertz CT molecular complexity index is 707. The number of nitrogens with one attached hydrogen (secondary N) is 2.